The van der Waals surface area contributed by atoms with Gasteiger partial charge in [-0.25, -0.2) is 4.79 Å². The molecule has 0 bridgehead atoms. The van der Waals surface area contributed by atoms with E-state index in [0.29, 0.717) is 29.5 Å². The molecule has 220 valence electrons. The van der Waals surface area contributed by atoms with Crippen LogP contribution in [-0.2, 0) is 22.6 Å². The number of esters is 1. The Morgan fingerprint density at radius 3 is 2.74 bits per heavy atom. The highest BCUT2D eigenvalue weighted by atomic mass is 16.6. The van der Waals surface area contributed by atoms with E-state index < -0.39 is 29.7 Å². The van der Waals surface area contributed by atoms with Crippen molar-refractivity contribution < 1.29 is 34.0 Å². The van der Waals surface area contributed by atoms with E-state index >= 15 is 0 Å². The lowest BCUT2D eigenvalue weighted by Crippen LogP contribution is -2.51. The van der Waals surface area contributed by atoms with Crippen LogP contribution in [0.4, 0.5) is 0 Å². The van der Waals surface area contributed by atoms with Crippen LogP contribution in [-0.4, -0.2) is 39.2 Å². The minimum Gasteiger partial charge on any atom is -0.508 e. The van der Waals surface area contributed by atoms with Gasteiger partial charge in [0, 0.05) is 29.8 Å². The number of aromatic hydroxyl groups is 2. The number of carbonyl (C=O) groups excluding carboxylic acids is 1. The highest BCUT2D eigenvalue weighted by Crippen LogP contribution is 2.51. The normalized spacial score (nSPS) is 21.7. The quantitative estimate of drug-likeness (QED) is 0.205. The van der Waals surface area contributed by atoms with E-state index in [9.17, 15) is 24.9 Å². The Morgan fingerprint density at radius 2 is 2.07 bits per heavy atom. The van der Waals surface area contributed by atoms with Gasteiger partial charge in [-0.2, -0.15) is 0 Å². The molecule has 3 heterocycles. The molecule has 0 spiro atoms. The topological polar surface area (TPSA) is 164 Å². The molecule has 10 heteroatoms. The van der Waals surface area contributed by atoms with Gasteiger partial charge in [-0.3, -0.25) is 4.79 Å². The number of phenolic OH excluding ortho intramolecular Hbond substituents is 2. The lowest BCUT2D eigenvalue weighted by Gasteiger charge is -2.43. The first-order chi connectivity index (χ1) is 20.0. The van der Waals surface area contributed by atoms with Crippen LogP contribution in [0.15, 0.2) is 75.1 Å². The number of rotatable bonds is 7. The number of nitrogens with two attached hydrogens (primary N) is 1. The number of aliphatic hydroxyl groups excluding tert-OH is 1. The summed E-state index contributed by atoms with van der Waals surface area (Å²) in [5.74, 6) is -0.677. The third-order valence-corrected chi connectivity index (χ3v) is 7.84. The second kappa shape index (κ2) is 11.4. The average Bonchev–Trinajstić information content (AvgIpc) is 2.97. The molecule has 0 fully saturated rings. The predicted molar refractivity (Wildman–Crippen MR) is 157 cm³/mol. The van der Waals surface area contributed by atoms with Gasteiger partial charge in [0.2, 0.25) is 0 Å². The zero-order chi connectivity index (χ0) is 30.2. The number of benzene rings is 2. The lowest BCUT2D eigenvalue weighted by atomic mass is 9.82. The molecule has 0 saturated heterocycles. The summed E-state index contributed by atoms with van der Waals surface area (Å²) in [5, 5.41) is 34.5. The van der Waals surface area contributed by atoms with Crippen LogP contribution in [0.2, 0.25) is 0 Å². The molecular weight excluding hydrogens is 540 g/mol. The molecule has 2 aliphatic rings. The molecule has 2 aromatic carbocycles. The molecule has 0 radical (unpaired) electrons. The van der Waals surface area contributed by atoms with Gasteiger partial charge in [-0.15, -0.1) is 0 Å². The van der Waals surface area contributed by atoms with E-state index in [2.05, 4.69) is 5.32 Å². The number of dihydropyridines is 1. The molecule has 3 aromatic rings. The van der Waals surface area contributed by atoms with Crippen molar-refractivity contribution in [2.75, 3.05) is 0 Å². The van der Waals surface area contributed by atoms with Gasteiger partial charge in [0.05, 0.1) is 11.7 Å². The maximum atomic E-state index is 13.2. The van der Waals surface area contributed by atoms with Gasteiger partial charge in [-0.1, -0.05) is 24.3 Å². The summed E-state index contributed by atoms with van der Waals surface area (Å²) < 4.78 is 18.6. The highest BCUT2D eigenvalue weighted by molar-refractivity contribution is 6.01. The Bertz CT molecular complexity index is 1700. The molecule has 0 saturated carbocycles. The largest absolute Gasteiger partial charge is 0.508 e. The first-order valence-corrected chi connectivity index (χ1v) is 13.7. The van der Waals surface area contributed by atoms with E-state index in [0.717, 1.165) is 11.6 Å². The number of allylic oxidation sites excluding steroid dienone is 3. The van der Waals surface area contributed by atoms with Gasteiger partial charge in [0.15, 0.2) is 11.0 Å². The SMILES string of the molecule is CC=C(C)C(=O)OC1Cc2c(c(-c3cccc(O)c3)c3oc(CO)cc(=O)c3c2O)OC1(C)CCC1=CNC(N)C=C1. The summed E-state index contributed by atoms with van der Waals surface area (Å²) >= 11 is 0. The Morgan fingerprint density at radius 1 is 1.29 bits per heavy atom. The fraction of sp³-hybridized carbons (Fsp3) is 0.312. The number of hydrogen-bond acceptors (Lipinski definition) is 10. The summed E-state index contributed by atoms with van der Waals surface area (Å²) in [4.78, 5) is 26.1. The van der Waals surface area contributed by atoms with Crippen LogP contribution >= 0.6 is 0 Å². The molecule has 1 aromatic heterocycles. The molecule has 0 aliphatic carbocycles. The second-order valence-corrected chi connectivity index (χ2v) is 10.8. The maximum Gasteiger partial charge on any atom is 0.333 e. The molecule has 6 N–H and O–H groups in total. The Hall–Kier alpha value is -4.54. The van der Waals surface area contributed by atoms with Crippen LogP contribution in [0.5, 0.6) is 17.2 Å². The molecule has 2 aliphatic heterocycles. The van der Waals surface area contributed by atoms with Crippen molar-refractivity contribution in [3.8, 4) is 28.4 Å². The first-order valence-electron chi connectivity index (χ1n) is 13.7. The van der Waals surface area contributed by atoms with Gasteiger partial charge >= 0.3 is 5.97 Å². The van der Waals surface area contributed by atoms with Crippen molar-refractivity contribution >= 4 is 16.9 Å². The molecule has 3 unspecified atom stereocenters. The van der Waals surface area contributed by atoms with E-state index in [4.69, 9.17) is 19.6 Å². The van der Waals surface area contributed by atoms with Gasteiger partial charge in [-0.05, 0) is 63.0 Å². The van der Waals surface area contributed by atoms with Crippen molar-refractivity contribution in [1.82, 2.24) is 5.32 Å². The Kier molecular flexibility index (Phi) is 7.85. The molecule has 0 amide bonds. The number of carbonyl (C=O) groups is 1. The predicted octanol–water partition coefficient (Wildman–Crippen LogP) is 4.04. The van der Waals surface area contributed by atoms with Crippen molar-refractivity contribution in [3.63, 3.8) is 0 Å². The standard InChI is InChI=1S/C32H34N2O8/c1-4-17(2)31(39)41-24-14-22-28(38)27-23(37)13-21(16-35)40-30(27)26(19-6-5-7-20(36)12-19)29(22)42-32(24,3)11-10-18-8-9-25(33)34-15-18/h4-9,12-13,15,24-25,34-36,38H,10-11,14,16,33H2,1-3H3. The molecule has 5 rings (SSSR count). The number of nitrogens with one attached hydrogen (secondary N) is 1. The van der Waals surface area contributed by atoms with Gasteiger partial charge in [0.25, 0.3) is 0 Å². The zero-order valence-electron chi connectivity index (χ0n) is 23.6. The summed E-state index contributed by atoms with van der Waals surface area (Å²) in [7, 11) is 0. The third-order valence-electron chi connectivity index (χ3n) is 7.84. The number of fused-ring (bicyclic) bond motifs is 2. The third kappa shape index (κ3) is 5.38. The summed E-state index contributed by atoms with van der Waals surface area (Å²) in [6.07, 6.45) is 7.13. The summed E-state index contributed by atoms with van der Waals surface area (Å²) in [5.41, 5.74) is 6.68. The Labute approximate surface area is 242 Å². The van der Waals surface area contributed by atoms with Gasteiger partial charge in [0.1, 0.15) is 46.7 Å². The lowest BCUT2D eigenvalue weighted by molar-refractivity contribution is -0.158. The van der Waals surface area contributed by atoms with Crippen molar-refractivity contribution in [1.29, 1.82) is 0 Å². The van der Waals surface area contributed by atoms with Crippen LogP contribution in [0, 0.1) is 0 Å². The number of phenols is 2. The fourth-order valence-electron chi connectivity index (χ4n) is 5.26. The van der Waals surface area contributed by atoms with Crippen LogP contribution in [0.1, 0.15) is 44.9 Å². The smallest absolute Gasteiger partial charge is 0.333 e. The van der Waals surface area contributed by atoms with Crippen LogP contribution < -0.4 is 21.2 Å². The molecular formula is C32H34N2O8. The summed E-state index contributed by atoms with van der Waals surface area (Å²) in [6.45, 7) is 4.68. The molecule has 10 nitrogen and oxygen atoms in total. The van der Waals surface area contributed by atoms with E-state index in [1.807, 2.05) is 25.3 Å². The monoisotopic (exact) mass is 574 g/mol. The van der Waals surface area contributed by atoms with Gasteiger partial charge < -0.3 is 40.3 Å². The van der Waals surface area contributed by atoms with Crippen LogP contribution in [0.3, 0.4) is 0 Å². The van der Waals surface area contributed by atoms with E-state index in [1.165, 1.54) is 12.1 Å². The molecule has 3 atom stereocenters. The minimum atomic E-state index is -1.09. The first kappa shape index (κ1) is 29.0. The second-order valence-electron chi connectivity index (χ2n) is 10.8. The average molecular weight is 575 g/mol. The number of aliphatic hydroxyl groups is 1. The van der Waals surface area contributed by atoms with Crippen LogP contribution in [0.25, 0.3) is 22.1 Å². The van der Waals surface area contributed by atoms with Crippen molar-refractivity contribution in [2.24, 2.45) is 5.73 Å². The van der Waals surface area contributed by atoms with Crippen molar-refractivity contribution in [3.05, 3.63) is 87.5 Å². The maximum absolute atomic E-state index is 13.2. The molecule has 42 heavy (non-hydrogen) atoms. The fourth-order valence-corrected chi connectivity index (χ4v) is 5.26. The van der Waals surface area contributed by atoms with Crippen molar-refractivity contribution in [2.45, 2.75) is 64.5 Å². The highest BCUT2D eigenvalue weighted by Gasteiger charge is 2.46. The number of hydrogen-bond donors (Lipinski definition) is 5. The van der Waals surface area contributed by atoms with E-state index in [1.54, 1.807) is 32.1 Å². The minimum absolute atomic E-state index is 0.00203. The zero-order valence-corrected chi connectivity index (χ0v) is 23.6. The number of ether oxygens (including phenoxy) is 2. The summed E-state index contributed by atoms with van der Waals surface area (Å²) in [6, 6.07) is 7.46. The Balaban J connectivity index is 1.71. The van der Waals surface area contributed by atoms with E-state index in [-0.39, 0.29) is 52.1 Å².